The van der Waals surface area contributed by atoms with Crippen LogP contribution in [0.5, 0.6) is 0 Å². The third kappa shape index (κ3) is 5.17. The number of ketones is 2. The summed E-state index contributed by atoms with van der Waals surface area (Å²) in [6.07, 6.45) is 0.656. The number of thioether (sulfide) groups is 1. The molecule has 1 aliphatic heterocycles. The van der Waals surface area contributed by atoms with Crippen LogP contribution in [0.2, 0.25) is 5.02 Å². The Kier molecular flexibility index (Phi) is 7.57. The number of rotatable bonds is 6. The smallest absolute Gasteiger partial charge is 0.219 e. The number of nitrogens with zero attached hydrogens (tertiary/aromatic N) is 4. The summed E-state index contributed by atoms with van der Waals surface area (Å²) in [6.45, 7) is 5.89. The molecule has 1 aromatic heterocycles. The van der Waals surface area contributed by atoms with Crippen molar-refractivity contribution in [1.29, 1.82) is 5.26 Å². The van der Waals surface area contributed by atoms with Crippen LogP contribution in [-0.2, 0) is 4.79 Å². The Morgan fingerprint density at radius 2 is 1.98 bits per heavy atom. The summed E-state index contributed by atoms with van der Waals surface area (Å²) in [4.78, 5) is 27.9. The van der Waals surface area contributed by atoms with Crippen LogP contribution in [0.15, 0.2) is 69.5 Å². The summed E-state index contributed by atoms with van der Waals surface area (Å²) < 4.78 is 15.7. The molecule has 1 atom stereocenters. The van der Waals surface area contributed by atoms with Gasteiger partial charge in [0, 0.05) is 33.8 Å². The fourth-order valence-corrected chi connectivity index (χ4v) is 7.15. The first-order valence-corrected chi connectivity index (χ1v) is 14.6. The molecule has 11 heteroatoms. The van der Waals surface area contributed by atoms with Crippen LogP contribution in [0, 0.1) is 29.5 Å². The van der Waals surface area contributed by atoms with Gasteiger partial charge in [-0.3, -0.25) is 14.5 Å². The monoisotopic (exact) mass is 593 g/mol. The predicted octanol–water partition coefficient (Wildman–Crippen LogP) is 6.55. The number of aromatic nitrogens is 2. The second-order valence-corrected chi connectivity index (χ2v) is 13.1. The molecule has 0 bridgehead atoms. The van der Waals surface area contributed by atoms with Crippen molar-refractivity contribution < 1.29 is 14.0 Å². The molecule has 0 spiro atoms. The number of carbonyl (C=O) groups excluding carboxylic acids is 2. The molecule has 5 rings (SSSR count). The van der Waals surface area contributed by atoms with Gasteiger partial charge in [-0.15, -0.1) is 10.2 Å². The maximum atomic E-state index is 15.2. The Morgan fingerprint density at radius 3 is 2.65 bits per heavy atom. The molecule has 2 N–H and O–H groups in total. The summed E-state index contributed by atoms with van der Waals surface area (Å²) in [5, 5.41) is 19.2. The van der Waals surface area contributed by atoms with E-state index in [0.29, 0.717) is 27.2 Å². The summed E-state index contributed by atoms with van der Waals surface area (Å²) in [5.74, 6) is -1.70. The van der Waals surface area contributed by atoms with Crippen molar-refractivity contribution in [2.45, 2.75) is 43.9 Å². The van der Waals surface area contributed by atoms with E-state index in [2.05, 4.69) is 16.3 Å². The molecule has 2 aliphatic rings. The maximum absolute atomic E-state index is 15.2. The van der Waals surface area contributed by atoms with Crippen molar-refractivity contribution >= 4 is 51.4 Å². The molecule has 1 unspecified atom stereocenters. The van der Waals surface area contributed by atoms with E-state index in [-0.39, 0.29) is 51.3 Å². The van der Waals surface area contributed by atoms with E-state index >= 15 is 4.39 Å². The van der Waals surface area contributed by atoms with Crippen LogP contribution in [0.1, 0.15) is 54.1 Å². The van der Waals surface area contributed by atoms with Gasteiger partial charge in [0.1, 0.15) is 11.6 Å². The minimum Gasteiger partial charge on any atom is -0.384 e. The molecule has 0 amide bonds. The second kappa shape index (κ2) is 10.8. The van der Waals surface area contributed by atoms with E-state index in [9.17, 15) is 14.9 Å². The summed E-state index contributed by atoms with van der Waals surface area (Å²) in [7, 11) is 0. The van der Waals surface area contributed by atoms with Crippen LogP contribution in [-0.4, -0.2) is 27.5 Å². The highest BCUT2D eigenvalue weighted by molar-refractivity contribution is 8.01. The minimum atomic E-state index is -1.04. The predicted molar refractivity (Wildman–Crippen MR) is 155 cm³/mol. The van der Waals surface area contributed by atoms with Gasteiger partial charge in [-0.25, -0.2) is 4.39 Å². The molecule has 0 radical (unpaired) electrons. The Hall–Kier alpha value is -3.52. The number of hydrogen-bond acceptors (Lipinski definition) is 9. The largest absolute Gasteiger partial charge is 0.384 e. The lowest BCUT2D eigenvalue weighted by Gasteiger charge is -2.42. The van der Waals surface area contributed by atoms with E-state index in [1.807, 2.05) is 32.9 Å². The van der Waals surface area contributed by atoms with E-state index in [4.69, 9.17) is 17.3 Å². The lowest BCUT2D eigenvalue weighted by Crippen LogP contribution is -2.42. The Labute approximate surface area is 244 Å². The van der Waals surface area contributed by atoms with Crippen LogP contribution in [0.3, 0.4) is 0 Å². The number of benzene rings is 2. The molecular weight excluding hydrogens is 569 g/mol. The van der Waals surface area contributed by atoms with E-state index in [1.165, 1.54) is 41.3 Å². The molecule has 0 saturated carbocycles. The highest BCUT2D eigenvalue weighted by Gasteiger charge is 2.46. The molecule has 0 fully saturated rings. The quantitative estimate of drug-likeness (QED) is 0.253. The topological polar surface area (TPSA) is 113 Å². The first-order valence-electron chi connectivity index (χ1n) is 12.5. The Balaban J connectivity index is 1.54. The van der Waals surface area contributed by atoms with Crippen molar-refractivity contribution in [2.24, 2.45) is 11.1 Å². The summed E-state index contributed by atoms with van der Waals surface area (Å²) in [6, 6.07) is 13.7. The number of Topliss-reactive ketones (excluding diaryl/α,β-unsaturated/α-hetero) is 2. The number of halogens is 2. The average Bonchev–Trinajstić information content (AvgIpc) is 3.35. The maximum Gasteiger partial charge on any atom is 0.219 e. The van der Waals surface area contributed by atoms with Crippen molar-refractivity contribution in [3.05, 3.63) is 92.7 Å². The number of allylic oxidation sites excluding steroid dienone is 3. The zero-order valence-corrected chi connectivity index (χ0v) is 24.4. The highest BCUT2D eigenvalue weighted by Crippen LogP contribution is 2.52. The Bertz CT molecular complexity index is 1620. The SMILES string of the molecule is Cc1ccc(C(=O)CSc2nnc(N3C(N)=C(C#N)C(c4c(F)cccc4Cl)C4=C3CC(C)(C)CC4=O)s2)cc1. The standard InChI is InChI=1S/C29H25ClFN5O2S2/c1-15-7-9-16(10-8-15)22(38)14-39-28-35-34-27(40-28)36-20-11-29(2,3)12-21(37)25(20)23(17(13-32)26(36)33)24-18(30)5-4-6-19(24)31/h4-10,23H,11-12,14,33H2,1-3H3. The number of aryl methyl sites for hydroxylation is 1. The number of hydrogen-bond donors (Lipinski definition) is 1. The lowest BCUT2D eigenvalue weighted by molar-refractivity contribution is -0.118. The van der Waals surface area contributed by atoms with Crippen molar-refractivity contribution in [3.8, 4) is 6.07 Å². The van der Waals surface area contributed by atoms with Gasteiger partial charge in [0.05, 0.1) is 23.3 Å². The van der Waals surface area contributed by atoms with Crippen LogP contribution < -0.4 is 10.6 Å². The van der Waals surface area contributed by atoms with Gasteiger partial charge in [0.15, 0.2) is 15.9 Å². The fourth-order valence-electron chi connectivity index (χ4n) is 5.10. The van der Waals surface area contributed by atoms with Crippen LogP contribution >= 0.6 is 34.7 Å². The van der Waals surface area contributed by atoms with Crippen molar-refractivity contribution in [1.82, 2.24) is 10.2 Å². The van der Waals surface area contributed by atoms with E-state index in [0.717, 1.165) is 5.56 Å². The molecule has 0 saturated heterocycles. The molecule has 2 aromatic carbocycles. The molecule has 1 aliphatic carbocycles. The first-order chi connectivity index (χ1) is 19.0. The number of carbonyl (C=O) groups is 2. The van der Waals surface area contributed by atoms with Crippen molar-refractivity contribution in [2.75, 3.05) is 10.7 Å². The average molecular weight is 594 g/mol. The highest BCUT2D eigenvalue weighted by atomic mass is 35.5. The Morgan fingerprint density at radius 1 is 1.25 bits per heavy atom. The molecule has 40 heavy (non-hydrogen) atoms. The van der Waals surface area contributed by atoms with Gasteiger partial charge in [-0.1, -0.05) is 84.4 Å². The van der Waals surface area contributed by atoms with Gasteiger partial charge in [0.25, 0.3) is 0 Å². The van der Waals surface area contributed by atoms with Gasteiger partial charge in [0.2, 0.25) is 5.13 Å². The van der Waals surface area contributed by atoms with Gasteiger partial charge in [-0.05, 0) is 30.9 Å². The second-order valence-electron chi connectivity index (χ2n) is 10.5. The van der Waals surface area contributed by atoms with Gasteiger partial charge in [-0.2, -0.15) is 5.26 Å². The van der Waals surface area contributed by atoms with E-state index < -0.39 is 17.2 Å². The summed E-state index contributed by atoms with van der Waals surface area (Å²) >= 11 is 8.87. The molecular formula is C29H25ClFN5O2S2. The third-order valence-corrected chi connectivity index (χ3v) is 9.33. The normalized spacial score (nSPS) is 18.6. The first kappa shape index (κ1) is 28.0. The summed E-state index contributed by atoms with van der Waals surface area (Å²) in [5.41, 5.74) is 8.77. The zero-order valence-electron chi connectivity index (χ0n) is 22.0. The lowest BCUT2D eigenvalue weighted by atomic mass is 9.68. The number of anilines is 1. The fraction of sp³-hybridized carbons (Fsp3) is 0.276. The molecule has 3 aromatic rings. The van der Waals surface area contributed by atoms with Crippen LogP contribution in [0.4, 0.5) is 9.52 Å². The van der Waals surface area contributed by atoms with Crippen LogP contribution in [0.25, 0.3) is 0 Å². The molecule has 204 valence electrons. The van der Waals surface area contributed by atoms with E-state index in [1.54, 1.807) is 17.0 Å². The van der Waals surface area contributed by atoms with Gasteiger partial charge < -0.3 is 5.73 Å². The van der Waals surface area contributed by atoms with Crippen molar-refractivity contribution in [3.63, 3.8) is 0 Å². The molecule has 2 heterocycles. The third-order valence-electron chi connectivity index (χ3n) is 6.96. The molecule has 7 nitrogen and oxygen atoms in total. The number of nitrogens with two attached hydrogens (primary N) is 1. The zero-order chi connectivity index (χ0) is 28.8. The number of nitriles is 1. The van der Waals surface area contributed by atoms with Gasteiger partial charge >= 0.3 is 0 Å². The minimum absolute atomic E-state index is 0.0118.